The summed E-state index contributed by atoms with van der Waals surface area (Å²) in [5.74, 6) is -0.134. The molecule has 0 saturated carbocycles. The zero-order valence-electron chi connectivity index (χ0n) is 13.5. The van der Waals surface area contributed by atoms with Gasteiger partial charge in [0.1, 0.15) is 13.2 Å². The predicted octanol–water partition coefficient (Wildman–Crippen LogP) is 2.67. The number of para-hydroxylation sites is 1. The molecule has 2 amide bonds. The van der Waals surface area contributed by atoms with E-state index in [4.69, 9.17) is 21.1 Å². The summed E-state index contributed by atoms with van der Waals surface area (Å²) in [7, 11) is 0. The van der Waals surface area contributed by atoms with Crippen LogP contribution in [0.5, 0.6) is 11.5 Å². The topological polar surface area (TPSA) is 92.5 Å². The minimum Gasteiger partial charge on any atom is -0.486 e. The monoisotopic (exact) mass is 371 g/mol. The fraction of sp³-hybridized carbons (Fsp3) is 0.111. The molecule has 0 aliphatic carbocycles. The number of ether oxygens (including phenoxy) is 2. The first-order valence-electron chi connectivity index (χ1n) is 7.89. The molecule has 4 rings (SSSR count). The second kappa shape index (κ2) is 6.61. The van der Waals surface area contributed by atoms with E-state index in [1.165, 1.54) is 12.1 Å². The molecule has 0 fully saturated rings. The van der Waals surface area contributed by atoms with Crippen LogP contribution in [0.2, 0.25) is 5.02 Å². The maximum absolute atomic E-state index is 12.3. The Kier molecular flexibility index (Phi) is 4.14. The predicted molar refractivity (Wildman–Crippen MR) is 95.7 cm³/mol. The Labute approximate surface area is 153 Å². The molecule has 3 N–H and O–H groups in total. The third kappa shape index (κ3) is 2.93. The molecular weight excluding hydrogens is 358 g/mol. The number of benzene rings is 2. The van der Waals surface area contributed by atoms with Crippen LogP contribution >= 0.6 is 11.6 Å². The van der Waals surface area contributed by atoms with Crippen molar-refractivity contribution in [1.82, 2.24) is 15.8 Å². The Balaban J connectivity index is 1.49. The molecule has 3 aromatic rings. The van der Waals surface area contributed by atoms with Crippen molar-refractivity contribution in [1.29, 1.82) is 0 Å². The molecule has 2 aromatic carbocycles. The number of fused-ring (bicyclic) bond motifs is 2. The number of amides is 2. The molecule has 0 bridgehead atoms. The van der Waals surface area contributed by atoms with Crippen molar-refractivity contribution in [3.8, 4) is 11.5 Å². The summed E-state index contributed by atoms with van der Waals surface area (Å²) < 4.78 is 10.9. The van der Waals surface area contributed by atoms with Crippen LogP contribution in [0, 0.1) is 0 Å². The third-order valence-electron chi connectivity index (χ3n) is 3.98. The molecule has 132 valence electrons. The van der Waals surface area contributed by atoms with Gasteiger partial charge in [-0.15, -0.1) is 0 Å². The molecule has 26 heavy (non-hydrogen) atoms. The van der Waals surface area contributed by atoms with E-state index in [1.54, 1.807) is 6.20 Å². The molecule has 0 radical (unpaired) electrons. The Hall–Kier alpha value is -3.19. The minimum atomic E-state index is -0.517. The van der Waals surface area contributed by atoms with Crippen molar-refractivity contribution < 1.29 is 19.1 Å². The van der Waals surface area contributed by atoms with Gasteiger partial charge in [0.05, 0.1) is 10.6 Å². The van der Waals surface area contributed by atoms with Crippen molar-refractivity contribution in [2.24, 2.45) is 0 Å². The molecule has 1 aliphatic heterocycles. The molecule has 1 aliphatic rings. The summed E-state index contributed by atoms with van der Waals surface area (Å²) in [6, 6.07) is 10.4. The first-order valence-corrected chi connectivity index (χ1v) is 8.27. The zero-order chi connectivity index (χ0) is 18.1. The first kappa shape index (κ1) is 16.3. The van der Waals surface area contributed by atoms with Crippen molar-refractivity contribution in [3.63, 3.8) is 0 Å². The van der Waals surface area contributed by atoms with E-state index < -0.39 is 11.8 Å². The highest BCUT2D eigenvalue weighted by atomic mass is 35.5. The Morgan fingerprint density at radius 3 is 2.69 bits per heavy atom. The lowest BCUT2D eigenvalue weighted by molar-refractivity contribution is 0.0847. The van der Waals surface area contributed by atoms with Gasteiger partial charge in [0.2, 0.25) is 0 Å². The number of aromatic amines is 1. The maximum atomic E-state index is 12.3. The lowest BCUT2D eigenvalue weighted by atomic mass is 10.1. The number of rotatable bonds is 2. The SMILES string of the molecule is O=C(NNC(=O)c1c[nH]c2ccccc12)c1cc(Cl)c2c(c1)OCCO2. The van der Waals surface area contributed by atoms with Gasteiger partial charge < -0.3 is 14.5 Å². The van der Waals surface area contributed by atoms with Crippen LogP contribution in [0.25, 0.3) is 10.9 Å². The van der Waals surface area contributed by atoms with Crippen LogP contribution < -0.4 is 20.3 Å². The standard InChI is InChI=1S/C18H14ClN3O4/c19-13-7-10(8-15-16(13)26-6-5-25-15)17(23)21-22-18(24)12-9-20-14-4-2-1-3-11(12)14/h1-4,7-9,20H,5-6H2,(H,21,23)(H,22,24). The highest BCUT2D eigenvalue weighted by Gasteiger charge is 2.20. The molecular formula is C18H14ClN3O4. The van der Waals surface area contributed by atoms with E-state index in [0.717, 1.165) is 10.9 Å². The van der Waals surface area contributed by atoms with E-state index in [2.05, 4.69) is 15.8 Å². The second-order valence-electron chi connectivity index (χ2n) is 5.64. The number of aromatic nitrogens is 1. The van der Waals surface area contributed by atoms with Gasteiger partial charge in [-0.2, -0.15) is 0 Å². The van der Waals surface area contributed by atoms with E-state index in [1.807, 2.05) is 24.3 Å². The van der Waals surface area contributed by atoms with Gasteiger partial charge in [0.25, 0.3) is 11.8 Å². The van der Waals surface area contributed by atoms with Crippen LogP contribution in [0.4, 0.5) is 0 Å². The van der Waals surface area contributed by atoms with Crippen LogP contribution in [-0.2, 0) is 0 Å². The van der Waals surface area contributed by atoms with Crippen LogP contribution in [-0.4, -0.2) is 30.0 Å². The minimum absolute atomic E-state index is 0.249. The van der Waals surface area contributed by atoms with Crippen molar-refractivity contribution >= 4 is 34.3 Å². The van der Waals surface area contributed by atoms with Gasteiger partial charge >= 0.3 is 0 Å². The van der Waals surface area contributed by atoms with E-state index in [9.17, 15) is 9.59 Å². The smallest absolute Gasteiger partial charge is 0.271 e. The number of carbonyl (C=O) groups is 2. The highest BCUT2D eigenvalue weighted by Crippen LogP contribution is 2.38. The summed E-state index contributed by atoms with van der Waals surface area (Å²) >= 11 is 6.12. The summed E-state index contributed by atoms with van der Waals surface area (Å²) in [5, 5.41) is 1.04. The van der Waals surface area contributed by atoms with E-state index >= 15 is 0 Å². The molecule has 0 spiro atoms. The molecule has 8 heteroatoms. The third-order valence-corrected chi connectivity index (χ3v) is 4.26. The Bertz CT molecular complexity index is 1010. The average Bonchev–Trinajstić information content (AvgIpc) is 3.10. The second-order valence-corrected chi connectivity index (χ2v) is 6.05. The van der Waals surface area contributed by atoms with Crippen molar-refractivity contribution in [2.45, 2.75) is 0 Å². The number of halogens is 1. The van der Waals surface area contributed by atoms with Gasteiger partial charge in [0.15, 0.2) is 11.5 Å². The number of H-pyrrole nitrogens is 1. The molecule has 0 atom stereocenters. The zero-order valence-corrected chi connectivity index (χ0v) is 14.2. The quantitative estimate of drug-likeness (QED) is 0.604. The molecule has 1 aromatic heterocycles. The molecule has 0 unspecified atom stereocenters. The van der Waals surface area contributed by atoms with Crippen LogP contribution in [0.3, 0.4) is 0 Å². The largest absolute Gasteiger partial charge is 0.486 e. The molecule has 7 nitrogen and oxygen atoms in total. The van der Waals surface area contributed by atoms with E-state index in [-0.39, 0.29) is 10.6 Å². The van der Waals surface area contributed by atoms with Crippen molar-refractivity contribution in [3.05, 3.63) is 58.7 Å². The lowest BCUT2D eigenvalue weighted by Gasteiger charge is -2.20. The van der Waals surface area contributed by atoms with Gasteiger partial charge in [-0.25, -0.2) is 0 Å². The van der Waals surface area contributed by atoms with Gasteiger partial charge in [-0.3, -0.25) is 20.4 Å². The lowest BCUT2D eigenvalue weighted by Crippen LogP contribution is -2.41. The number of hydrogen-bond acceptors (Lipinski definition) is 4. The van der Waals surface area contributed by atoms with Gasteiger partial charge in [-0.1, -0.05) is 29.8 Å². The number of hydrogen-bond donors (Lipinski definition) is 3. The Morgan fingerprint density at radius 1 is 1.04 bits per heavy atom. The normalized spacial score (nSPS) is 12.7. The fourth-order valence-corrected chi connectivity index (χ4v) is 3.02. The first-order chi connectivity index (χ1) is 12.6. The molecule has 2 heterocycles. The highest BCUT2D eigenvalue weighted by molar-refractivity contribution is 6.32. The summed E-state index contributed by atoms with van der Waals surface area (Å²) in [5.41, 5.74) is 6.30. The number of hydrazine groups is 1. The van der Waals surface area contributed by atoms with Crippen LogP contribution in [0.1, 0.15) is 20.7 Å². The summed E-state index contributed by atoms with van der Waals surface area (Å²) in [4.78, 5) is 27.7. The van der Waals surface area contributed by atoms with E-state index in [0.29, 0.717) is 30.3 Å². The summed E-state index contributed by atoms with van der Waals surface area (Å²) in [6.45, 7) is 0.782. The fourth-order valence-electron chi connectivity index (χ4n) is 2.75. The number of nitrogens with one attached hydrogen (secondary N) is 3. The maximum Gasteiger partial charge on any atom is 0.271 e. The number of carbonyl (C=O) groups excluding carboxylic acids is 2. The Morgan fingerprint density at radius 2 is 1.81 bits per heavy atom. The van der Waals surface area contributed by atoms with Gasteiger partial charge in [0, 0.05) is 22.7 Å². The van der Waals surface area contributed by atoms with Crippen molar-refractivity contribution in [2.75, 3.05) is 13.2 Å². The molecule has 0 saturated heterocycles. The summed E-state index contributed by atoms with van der Waals surface area (Å²) in [6.07, 6.45) is 1.59. The van der Waals surface area contributed by atoms with Crippen LogP contribution in [0.15, 0.2) is 42.6 Å². The van der Waals surface area contributed by atoms with Gasteiger partial charge in [-0.05, 0) is 18.2 Å². The average molecular weight is 372 g/mol.